The molecule has 0 aromatic carbocycles. The van der Waals surface area contributed by atoms with E-state index in [9.17, 15) is 0 Å². The Morgan fingerprint density at radius 1 is 1.43 bits per heavy atom. The number of hydrogen-bond acceptors (Lipinski definition) is 2. The van der Waals surface area contributed by atoms with Crippen LogP contribution in [0.25, 0.3) is 0 Å². The monoisotopic (exact) mass is 114 g/mol. The minimum atomic E-state index is 0. The zero-order valence-corrected chi connectivity index (χ0v) is 6.89. The second kappa shape index (κ2) is 6.92. The van der Waals surface area contributed by atoms with Gasteiger partial charge in [0, 0.05) is 19.1 Å². The molecule has 0 aliphatic carbocycles. The van der Waals surface area contributed by atoms with Crippen LogP contribution in [-0.4, -0.2) is 23.4 Å². The standard InChI is InChI=1S/C4H10O2.Na.H/c1-4(2-5)3-6;;/h4-6H,2-3H2,1H3;;/q;+1;-1. The van der Waals surface area contributed by atoms with Crippen molar-refractivity contribution in [2.75, 3.05) is 13.2 Å². The molecule has 3 heteroatoms. The van der Waals surface area contributed by atoms with Gasteiger partial charge >= 0.3 is 29.6 Å². The summed E-state index contributed by atoms with van der Waals surface area (Å²) < 4.78 is 0. The number of rotatable bonds is 2. The Morgan fingerprint density at radius 3 is 1.71 bits per heavy atom. The van der Waals surface area contributed by atoms with Crippen molar-refractivity contribution in [3.8, 4) is 0 Å². The summed E-state index contributed by atoms with van der Waals surface area (Å²) in [5, 5.41) is 16.3. The smallest absolute Gasteiger partial charge is 1.00 e. The Kier molecular flexibility index (Phi) is 10.7. The molecule has 0 saturated heterocycles. The predicted octanol–water partition coefficient (Wildman–Crippen LogP) is -3.28. The fraction of sp³-hybridized carbons (Fsp3) is 1.00. The average Bonchev–Trinajstić information content (AvgIpc) is 1.65. The van der Waals surface area contributed by atoms with Gasteiger partial charge in [-0.2, -0.15) is 0 Å². The number of aliphatic hydroxyl groups excluding tert-OH is 2. The molecule has 2 N–H and O–H groups in total. The van der Waals surface area contributed by atoms with E-state index in [0.29, 0.717) is 0 Å². The van der Waals surface area contributed by atoms with Crippen molar-refractivity contribution in [3.63, 3.8) is 0 Å². The van der Waals surface area contributed by atoms with Crippen molar-refractivity contribution in [2.24, 2.45) is 5.92 Å². The molecular weight excluding hydrogens is 103 g/mol. The molecule has 0 radical (unpaired) electrons. The first-order valence-electron chi connectivity index (χ1n) is 2.03. The largest absolute Gasteiger partial charge is 1.00 e. The molecule has 2 nitrogen and oxygen atoms in total. The summed E-state index contributed by atoms with van der Waals surface area (Å²) in [5.41, 5.74) is 0. The molecule has 0 amide bonds. The Hall–Kier alpha value is 0.920. The number of hydrogen-bond donors (Lipinski definition) is 2. The van der Waals surface area contributed by atoms with Crippen molar-refractivity contribution in [1.82, 2.24) is 0 Å². The minimum Gasteiger partial charge on any atom is -1.00 e. The molecule has 0 spiro atoms. The predicted molar refractivity (Wildman–Crippen MR) is 24.4 cm³/mol. The third-order valence-electron chi connectivity index (χ3n) is 0.623. The third-order valence-corrected chi connectivity index (χ3v) is 0.623. The second-order valence-electron chi connectivity index (χ2n) is 1.47. The van der Waals surface area contributed by atoms with Crippen LogP contribution in [0.3, 0.4) is 0 Å². The molecule has 0 aliphatic heterocycles. The second-order valence-corrected chi connectivity index (χ2v) is 1.47. The summed E-state index contributed by atoms with van der Waals surface area (Å²) in [6.45, 7) is 1.94. The summed E-state index contributed by atoms with van der Waals surface area (Å²) in [4.78, 5) is 0. The van der Waals surface area contributed by atoms with Crippen LogP contribution in [0.1, 0.15) is 8.35 Å². The van der Waals surface area contributed by atoms with Gasteiger partial charge in [0.1, 0.15) is 0 Å². The van der Waals surface area contributed by atoms with Gasteiger partial charge in [0.05, 0.1) is 0 Å². The van der Waals surface area contributed by atoms with E-state index in [2.05, 4.69) is 0 Å². The van der Waals surface area contributed by atoms with Crippen molar-refractivity contribution in [2.45, 2.75) is 6.92 Å². The molecule has 7 heavy (non-hydrogen) atoms. The van der Waals surface area contributed by atoms with Crippen LogP contribution in [0.5, 0.6) is 0 Å². The van der Waals surface area contributed by atoms with E-state index in [-0.39, 0.29) is 50.1 Å². The SMILES string of the molecule is CC(CO)CO.[H-].[Na+]. The van der Waals surface area contributed by atoms with Crippen LogP contribution < -0.4 is 29.6 Å². The minimum absolute atomic E-state index is 0. The van der Waals surface area contributed by atoms with Gasteiger partial charge in [-0.25, -0.2) is 0 Å². The van der Waals surface area contributed by atoms with E-state index >= 15 is 0 Å². The van der Waals surface area contributed by atoms with Crippen LogP contribution in [0.2, 0.25) is 0 Å². The Bertz CT molecular complexity index is 33.2. The van der Waals surface area contributed by atoms with E-state index in [0.717, 1.165) is 0 Å². The van der Waals surface area contributed by atoms with Gasteiger partial charge in [0.25, 0.3) is 0 Å². The molecule has 0 bridgehead atoms. The Balaban J connectivity index is -0.000000125. The fourth-order valence-electron chi connectivity index (χ4n) is 0.0577. The first-order valence-corrected chi connectivity index (χ1v) is 2.03. The van der Waals surface area contributed by atoms with Crippen LogP contribution in [0.15, 0.2) is 0 Å². The molecule has 0 saturated carbocycles. The summed E-state index contributed by atoms with van der Waals surface area (Å²) in [7, 11) is 0. The molecule has 0 aromatic rings. The van der Waals surface area contributed by atoms with Crippen LogP contribution >= 0.6 is 0 Å². The maximum Gasteiger partial charge on any atom is 1.00 e. The molecule has 0 rings (SSSR count). The van der Waals surface area contributed by atoms with Gasteiger partial charge in [-0.1, -0.05) is 6.92 Å². The first kappa shape index (κ1) is 10.8. The van der Waals surface area contributed by atoms with Crippen molar-refractivity contribution >= 4 is 0 Å². The molecule has 0 aromatic heterocycles. The summed E-state index contributed by atoms with van der Waals surface area (Å²) in [5.74, 6) is 0.0463. The maximum atomic E-state index is 8.17. The van der Waals surface area contributed by atoms with Gasteiger partial charge in [-0.05, 0) is 0 Å². The fourth-order valence-corrected chi connectivity index (χ4v) is 0.0577. The quantitative estimate of drug-likeness (QED) is 0.370. The Labute approximate surface area is 67.3 Å². The summed E-state index contributed by atoms with van der Waals surface area (Å²) in [6.07, 6.45) is 0. The van der Waals surface area contributed by atoms with Crippen molar-refractivity contribution < 1.29 is 41.2 Å². The van der Waals surface area contributed by atoms with Crippen molar-refractivity contribution in [1.29, 1.82) is 0 Å². The van der Waals surface area contributed by atoms with Gasteiger partial charge in [-0.15, -0.1) is 0 Å². The maximum absolute atomic E-state index is 8.17. The average molecular weight is 114 g/mol. The van der Waals surface area contributed by atoms with Crippen LogP contribution in [0, 0.1) is 5.92 Å². The van der Waals surface area contributed by atoms with E-state index in [1.807, 2.05) is 0 Å². The topological polar surface area (TPSA) is 40.5 Å². The first-order chi connectivity index (χ1) is 2.81. The van der Waals surface area contributed by atoms with Gasteiger partial charge in [0.15, 0.2) is 0 Å². The Morgan fingerprint density at radius 2 is 1.71 bits per heavy atom. The zero-order valence-electron chi connectivity index (χ0n) is 5.89. The summed E-state index contributed by atoms with van der Waals surface area (Å²) >= 11 is 0. The van der Waals surface area contributed by atoms with E-state index in [1.54, 1.807) is 6.92 Å². The van der Waals surface area contributed by atoms with Gasteiger partial charge in [-0.3, -0.25) is 0 Å². The molecule has 40 valence electrons. The van der Waals surface area contributed by atoms with Gasteiger partial charge in [0.2, 0.25) is 0 Å². The summed E-state index contributed by atoms with van der Waals surface area (Å²) in [6, 6.07) is 0. The molecule has 0 aliphatic rings. The molecule has 0 heterocycles. The van der Waals surface area contributed by atoms with Crippen molar-refractivity contribution in [3.05, 3.63) is 0 Å². The van der Waals surface area contributed by atoms with E-state index in [1.165, 1.54) is 0 Å². The molecule has 0 atom stereocenters. The number of aliphatic hydroxyl groups is 2. The third kappa shape index (κ3) is 6.92. The zero-order chi connectivity index (χ0) is 4.99. The molecule has 0 fully saturated rings. The van der Waals surface area contributed by atoms with Gasteiger partial charge < -0.3 is 11.6 Å². The normalized spacial score (nSPS) is 8.57. The molecule has 0 unspecified atom stereocenters. The van der Waals surface area contributed by atoms with Crippen LogP contribution in [-0.2, 0) is 0 Å². The van der Waals surface area contributed by atoms with E-state index < -0.39 is 0 Å². The molecular formula is C4H11NaO2. The van der Waals surface area contributed by atoms with Crippen LogP contribution in [0.4, 0.5) is 0 Å². The van der Waals surface area contributed by atoms with E-state index in [4.69, 9.17) is 10.2 Å².